The second kappa shape index (κ2) is 6.93. The lowest BCUT2D eigenvalue weighted by molar-refractivity contribution is -0.137. The summed E-state index contributed by atoms with van der Waals surface area (Å²) in [5, 5.41) is 0.719. The van der Waals surface area contributed by atoms with Gasteiger partial charge in [0.25, 0.3) is 0 Å². The average Bonchev–Trinajstić information content (AvgIpc) is 2.35. The Labute approximate surface area is 118 Å². The lowest BCUT2D eigenvalue weighted by Gasteiger charge is -2.12. The molecule has 0 aliphatic carbocycles. The lowest BCUT2D eigenvalue weighted by atomic mass is 10.00. The van der Waals surface area contributed by atoms with Crippen molar-refractivity contribution in [3.8, 4) is 0 Å². The van der Waals surface area contributed by atoms with Crippen LogP contribution in [0.4, 0.5) is 13.2 Å². The van der Waals surface area contributed by atoms with Crippen molar-refractivity contribution in [1.29, 1.82) is 0 Å². The number of carbonyl (C=O) groups is 1. The zero-order valence-electron chi connectivity index (χ0n) is 10.4. The summed E-state index contributed by atoms with van der Waals surface area (Å²) < 4.78 is 42.7. The summed E-state index contributed by atoms with van der Waals surface area (Å²) in [4.78, 5) is 11.7. The van der Waals surface area contributed by atoms with Gasteiger partial charge in [0.15, 0.2) is 0 Å². The summed E-state index contributed by atoms with van der Waals surface area (Å²) in [5.74, 6) is -0.710. The van der Waals surface area contributed by atoms with Gasteiger partial charge in [-0.05, 0) is 37.5 Å². The number of hydrogen-bond donors (Lipinski definition) is 0. The Morgan fingerprint density at radius 1 is 1.37 bits per heavy atom. The molecule has 106 valence electrons. The minimum Gasteiger partial charge on any atom is -0.462 e. The van der Waals surface area contributed by atoms with Crippen molar-refractivity contribution in [3.63, 3.8) is 0 Å². The number of carbonyl (C=O) groups excluding carboxylic acids is 1. The Bertz CT molecular complexity index is 444. The van der Waals surface area contributed by atoms with Gasteiger partial charge >= 0.3 is 12.1 Å². The summed E-state index contributed by atoms with van der Waals surface area (Å²) in [6.07, 6.45) is -3.20. The van der Waals surface area contributed by atoms with E-state index in [-0.39, 0.29) is 12.2 Å². The molecule has 6 heteroatoms. The standard InChI is InChI=1S/C13H14BrF3O2/c1-2-19-12(18)11-8-10(13(15,16)17)6-5-9(11)4-3-7-14/h5-6,8H,2-4,7H2,1H3. The Balaban J connectivity index is 3.14. The molecule has 0 N–H and O–H groups in total. The number of ether oxygens (including phenoxy) is 1. The zero-order chi connectivity index (χ0) is 14.5. The van der Waals surface area contributed by atoms with Crippen LogP contribution in [0.2, 0.25) is 0 Å². The summed E-state index contributed by atoms with van der Waals surface area (Å²) in [6, 6.07) is 3.20. The van der Waals surface area contributed by atoms with Gasteiger partial charge in [-0.2, -0.15) is 13.2 Å². The lowest BCUT2D eigenvalue weighted by Crippen LogP contribution is -2.12. The van der Waals surface area contributed by atoms with Crippen LogP contribution in [0.5, 0.6) is 0 Å². The molecule has 0 aliphatic rings. The van der Waals surface area contributed by atoms with E-state index in [1.807, 2.05) is 0 Å². The van der Waals surface area contributed by atoms with Gasteiger partial charge in [0, 0.05) is 5.33 Å². The van der Waals surface area contributed by atoms with Crippen LogP contribution in [0.25, 0.3) is 0 Å². The van der Waals surface area contributed by atoms with E-state index < -0.39 is 17.7 Å². The van der Waals surface area contributed by atoms with Gasteiger partial charge in [-0.15, -0.1) is 0 Å². The molecule has 0 heterocycles. The van der Waals surface area contributed by atoms with Crippen molar-refractivity contribution >= 4 is 21.9 Å². The molecule has 0 radical (unpaired) electrons. The maximum Gasteiger partial charge on any atom is 0.416 e. The van der Waals surface area contributed by atoms with Gasteiger partial charge in [-0.25, -0.2) is 4.79 Å². The number of esters is 1. The number of hydrogen-bond acceptors (Lipinski definition) is 2. The first-order valence-electron chi connectivity index (χ1n) is 5.83. The van der Waals surface area contributed by atoms with E-state index in [9.17, 15) is 18.0 Å². The molecule has 19 heavy (non-hydrogen) atoms. The third-order valence-electron chi connectivity index (χ3n) is 2.51. The first kappa shape index (κ1) is 16.0. The Morgan fingerprint density at radius 2 is 2.05 bits per heavy atom. The van der Waals surface area contributed by atoms with Crippen LogP contribution in [-0.4, -0.2) is 17.9 Å². The van der Waals surface area contributed by atoms with Crippen LogP contribution in [-0.2, 0) is 17.3 Å². The molecule has 0 unspecified atom stereocenters. The van der Waals surface area contributed by atoms with Crippen molar-refractivity contribution in [2.24, 2.45) is 0 Å². The molecule has 0 fully saturated rings. The maximum absolute atomic E-state index is 12.6. The van der Waals surface area contributed by atoms with E-state index in [0.717, 1.165) is 23.9 Å². The van der Waals surface area contributed by atoms with Crippen LogP contribution in [0, 0.1) is 0 Å². The number of rotatable bonds is 5. The molecule has 1 aromatic carbocycles. The Kier molecular flexibility index (Phi) is 5.85. The van der Waals surface area contributed by atoms with Crippen molar-refractivity contribution in [3.05, 3.63) is 34.9 Å². The van der Waals surface area contributed by atoms with E-state index in [1.165, 1.54) is 6.07 Å². The predicted octanol–water partition coefficient (Wildman–Crippen LogP) is 4.21. The highest BCUT2D eigenvalue weighted by molar-refractivity contribution is 9.09. The quantitative estimate of drug-likeness (QED) is 0.593. The highest BCUT2D eigenvalue weighted by Gasteiger charge is 2.31. The molecule has 1 rings (SSSR count). The molecule has 0 amide bonds. The monoisotopic (exact) mass is 338 g/mol. The fraction of sp³-hybridized carbons (Fsp3) is 0.462. The molecule has 0 saturated heterocycles. The summed E-state index contributed by atoms with van der Waals surface area (Å²) >= 11 is 3.25. The number of alkyl halides is 4. The fourth-order valence-electron chi connectivity index (χ4n) is 1.63. The van der Waals surface area contributed by atoms with Crippen LogP contribution >= 0.6 is 15.9 Å². The fourth-order valence-corrected chi connectivity index (χ4v) is 1.91. The molecule has 0 atom stereocenters. The summed E-state index contributed by atoms with van der Waals surface area (Å²) in [7, 11) is 0. The highest BCUT2D eigenvalue weighted by atomic mass is 79.9. The largest absolute Gasteiger partial charge is 0.462 e. The maximum atomic E-state index is 12.6. The van der Waals surface area contributed by atoms with Crippen LogP contribution < -0.4 is 0 Å². The molecule has 0 aliphatic heterocycles. The Morgan fingerprint density at radius 3 is 2.58 bits per heavy atom. The average molecular weight is 339 g/mol. The molecular formula is C13H14BrF3O2. The third kappa shape index (κ3) is 4.53. The smallest absolute Gasteiger partial charge is 0.416 e. The molecule has 0 bridgehead atoms. The van der Waals surface area contributed by atoms with E-state index in [2.05, 4.69) is 15.9 Å². The third-order valence-corrected chi connectivity index (χ3v) is 3.07. The second-order valence-electron chi connectivity index (χ2n) is 3.88. The molecule has 0 saturated carbocycles. The molecule has 0 aromatic heterocycles. The van der Waals surface area contributed by atoms with E-state index in [4.69, 9.17) is 4.74 Å². The predicted molar refractivity (Wildman–Crippen MR) is 69.5 cm³/mol. The number of halogens is 4. The van der Waals surface area contributed by atoms with Crippen molar-refractivity contribution < 1.29 is 22.7 Å². The number of benzene rings is 1. The molecule has 0 spiro atoms. The van der Waals surface area contributed by atoms with Gasteiger partial charge < -0.3 is 4.74 Å². The van der Waals surface area contributed by atoms with E-state index in [0.29, 0.717) is 12.0 Å². The zero-order valence-corrected chi connectivity index (χ0v) is 12.0. The van der Waals surface area contributed by atoms with Crippen molar-refractivity contribution in [1.82, 2.24) is 0 Å². The normalized spacial score (nSPS) is 11.4. The van der Waals surface area contributed by atoms with Gasteiger partial charge in [0.05, 0.1) is 17.7 Å². The molecule has 2 nitrogen and oxygen atoms in total. The van der Waals surface area contributed by atoms with E-state index >= 15 is 0 Å². The van der Waals surface area contributed by atoms with Crippen LogP contribution in [0.1, 0.15) is 34.8 Å². The topological polar surface area (TPSA) is 26.3 Å². The first-order chi connectivity index (χ1) is 8.90. The van der Waals surface area contributed by atoms with Gasteiger partial charge in [-0.1, -0.05) is 22.0 Å². The van der Waals surface area contributed by atoms with Gasteiger partial charge in [-0.3, -0.25) is 0 Å². The summed E-state index contributed by atoms with van der Waals surface area (Å²) in [6.45, 7) is 1.75. The molecule has 1 aromatic rings. The number of aryl methyl sites for hydroxylation is 1. The Hall–Kier alpha value is -1.04. The summed E-state index contributed by atoms with van der Waals surface area (Å²) in [5.41, 5.74) is -0.262. The van der Waals surface area contributed by atoms with E-state index in [1.54, 1.807) is 6.92 Å². The second-order valence-corrected chi connectivity index (χ2v) is 4.68. The van der Waals surface area contributed by atoms with Crippen molar-refractivity contribution in [2.75, 3.05) is 11.9 Å². The minimum absolute atomic E-state index is 0.00220. The minimum atomic E-state index is -4.46. The van der Waals surface area contributed by atoms with Crippen LogP contribution in [0.3, 0.4) is 0 Å². The van der Waals surface area contributed by atoms with Crippen LogP contribution in [0.15, 0.2) is 18.2 Å². The highest BCUT2D eigenvalue weighted by Crippen LogP contribution is 2.31. The van der Waals surface area contributed by atoms with Crippen molar-refractivity contribution in [2.45, 2.75) is 25.9 Å². The first-order valence-corrected chi connectivity index (χ1v) is 6.95. The van der Waals surface area contributed by atoms with Gasteiger partial charge in [0.1, 0.15) is 0 Å². The molecular weight excluding hydrogens is 325 g/mol. The van der Waals surface area contributed by atoms with Gasteiger partial charge in [0.2, 0.25) is 0 Å². The SMILES string of the molecule is CCOC(=O)c1cc(C(F)(F)F)ccc1CCCBr.